The van der Waals surface area contributed by atoms with E-state index in [1.807, 2.05) is 29.1 Å². The second-order valence-corrected chi connectivity index (χ2v) is 7.53. The highest BCUT2D eigenvalue weighted by Gasteiger charge is 2.42. The van der Waals surface area contributed by atoms with E-state index in [0.29, 0.717) is 6.54 Å². The Morgan fingerprint density at radius 3 is 2.58 bits per heavy atom. The van der Waals surface area contributed by atoms with Gasteiger partial charge in [-0.25, -0.2) is 0 Å². The van der Waals surface area contributed by atoms with Gasteiger partial charge in [0.2, 0.25) is 5.91 Å². The number of nitrogens with zero attached hydrogens (tertiary/aromatic N) is 2. The fourth-order valence-corrected chi connectivity index (χ4v) is 3.53. The maximum atomic E-state index is 13.2. The molecule has 1 aromatic carbocycles. The van der Waals surface area contributed by atoms with Crippen LogP contribution in [0.15, 0.2) is 42.7 Å². The number of carbonyl (C=O) groups is 1. The van der Waals surface area contributed by atoms with Gasteiger partial charge in [-0.3, -0.25) is 9.48 Å². The number of benzene rings is 1. The molecule has 1 amide bonds. The zero-order chi connectivity index (χ0) is 18.6. The lowest BCUT2D eigenvalue weighted by Crippen LogP contribution is -2.56. The first-order chi connectivity index (χ1) is 12.5. The molecule has 0 spiro atoms. The quantitative estimate of drug-likeness (QED) is 0.831. The fourth-order valence-electron chi connectivity index (χ4n) is 3.53. The van der Waals surface area contributed by atoms with Crippen LogP contribution < -0.4 is 15.4 Å². The van der Waals surface area contributed by atoms with E-state index in [9.17, 15) is 4.79 Å². The van der Waals surface area contributed by atoms with Gasteiger partial charge in [0.1, 0.15) is 11.3 Å². The molecule has 6 nitrogen and oxygen atoms in total. The number of methoxy groups -OCH3 is 1. The van der Waals surface area contributed by atoms with Crippen LogP contribution in [0.5, 0.6) is 5.75 Å². The minimum Gasteiger partial charge on any atom is -0.497 e. The van der Waals surface area contributed by atoms with Crippen LogP contribution in [0.4, 0.5) is 0 Å². The number of aromatic nitrogens is 2. The summed E-state index contributed by atoms with van der Waals surface area (Å²) in [5.41, 5.74) is 0.377. The van der Waals surface area contributed by atoms with Crippen molar-refractivity contribution in [2.75, 3.05) is 26.7 Å². The third-order valence-electron chi connectivity index (χ3n) is 5.36. The van der Waals surface area contributed by atoms with Gasteiger partial charge in [0.25, 0.3) is 0 Å². The molecule has 6 heteroatoms. The van der Waals surface area contributed by atoms with Crippen molar-refractivity contribution in [3.63, 3.8) is 0 Å². The Balaban J connectivity index is 1.73. The van der Waals surface area contributed by atoms with Crippen molar-refractivity contribution >= 4 is 5.91 Å². The Hall–Kier alpha value is -2.34. The summed E-state index contributed by atoms with van der Waals surface area (Å²) in [5.74, 6) is 0.880. The van der Waals surface area contributed by atoms with Crippen LogP contribution in [0.25, 0.3) is 0 Å². The second kappa shape index (κ2) is 7.50. The minimum atomic E-state index is -0.606. The number of hydrogen-bond acceptors (Lipinski definition) is 4. The molecular weight excluding hydrogens is 328 g/mol. The molecule has 2 aromatic rings. The molecule has 1 aliphatic rings. The first-order valence-corrected chi connectivity index (χ1v) is 9.12. The van der Waals surface area contributed by atoms with Crippen molar-refractivity contribution in [3.8, 4) is 5.75 Å². The molecule has 2 heterocycles. The van der Waals surface area contributed by atoms with E-state index in [1.165, 1.54) is 0 Å². The SMILES string of the molecule is COc1ccc(C(C)(C)CNC(=O)C2(n3cccn3)CCNCC2)cc1. The molecule has 1 fully saturated rings. The van der Waals surface area contributed by atoms with Crippen LogP contribution in [0, 0.1) is 0 Å². The number of nitrogens with one attached hydrogen (secondary N) is 2. The number of piperidine rings is 1. The highest BCUT2D eigenvalue weighted by Crippen LogP contribution is 2.29. The van der Waals surface area contributed by atoms with Crippen molar-refractivity contribution in [1.29, 1.82) is 0 Å². The van der Waals surface area contributed by atoms with Crippen molar-refractivity contribution < 1.29 is 9.53 Å². The summed E-state index contributed by atoms with van der Waals surface area (Å²) in [6.07, 6.45) is 5.10. The molecule has 0 radical (unpaired) electrons. The summed E-state index contributed by atoms with van der Waals surface area (Å²) in [4.78, 5) is 13.2. The van der Waals surface area contributed by atoms with Crippen molar-refractivity contribution in [2.45, 2.75) is 37.6 Å². The lowest BCUT2D eigenvalue weighted by atomic mass is 9.83. The van der Waals surface area contributed by atoms with Crippen LogP contribution in [0.3, 0.4) is 0 Å². The monoisotopic (exact) mass is 356 g/mol. The normalized spacial score (nSPS) is 16.9. The standard InChI is InChI=1S/C20H28N4O2/c1-19(2,16-5-7-17(26-3)8-6-16)15-22-18(25)20(9-12-21-13-10-20)24-14-4-11-23-24/h4-8,11,14,21H,9-10,12-13,15H2,1-3H3,(H,22,25). The average molecular weight is 356 g/mol. The Morgan fingerprint density at radius 2 is 2.00 bits per heavy atom. The van der Waals surface area contributed by atoms with E-state index >= 15 is 0 Å². The Labute approximate surface area is 154 Å². The van der Waals surface area contributed by atoms with Gasteiger partial charge >= 0.3 is 0 Å². The molecule has 1 saturated heterocycles. The van der Waals surface area contributed by atoms with Crippen molar-refractivity contribution in [2.24, 2.45) is 0 Å². The lowest BCUT2D eigenvalue weighted by molar-refractivity contribution is -0.132. The molecule has 0 saturated carbocycles. The molecule has 2 N–H and O–H groups in total. The molecule has 3 rings (SSSR count). The van der Waals surface area contributed by atoms with Gasteiger partial charge in [-0.05, 0) is 49.7 Å². The van der Waals surface area contributed by atoms with Crippen molar-refractivity contribution in [1.82, 2.24) is 20.4 Å². The van der Waals surface area contributed by atoms with E-state index < -0.39 is 5.54 Å². The number of hydrogen-bond donors (Lipinski definition) is 2. The van der Waals surface area contributed by atoms with Crippen LogP contribution in [0.1, 0.15) is 32.3 Å². The van der Waals surface area contributed by atoms with Crippen LogP contribution in [0.2, 0.25) is 0 Å². The molecule has 26 heavy (non-hydrogen) atoms. The van der Waals surface area contributed by atoms with Gasteiger partial charge in [-0.15, -0.1) is 0 Å². The molecular formula is C20H28N4O2. The molecule has 0 unspecified atom stereocenters. The van der Waals surface area contributed by atoms with Crippen LogP contribution in [-0.2, 0) is 15.7 Å². The molecule has 1 aliphatic heterocycles. The minimum absolute atomic E-state index is 0.0456. The van der Waals surface area contributed by atoms with E-state index in [0.717, 1.165) is 37.2 Å². The summed E-state index contributed by atoms with van der Waals surface area (Å²) >= 11 is 0. The fraction of sp³-hybridized carbons (Fsp3) is 0.500. The second-order valence-electron chi connectivity index (χ2n) is 7.53. The number of ether oxygens (including phenoxy) is 1. The summed E-state index contributed by atoms with van der Waals surface area (Å²) in [6.45, 7) is 6.47. The summed E-state index contributed by atoms with van der Waals surface area (Å²) in [5, 5.41) is 10.9. The molecule has 0 bridgehead atoms. The van der Waals surface area contributed by atoms with Crippen molar-refractivity contribution in [3.05, 3.63) is 48.3 Å². The van der Waals surface area contributed by atoms with Gasteiger partial charge in [-0.1, -0.05) is 26.0 Å². The lowest BCUT2D eigenvalue weighted by Gasteiger charge is -2.37. The van der Waals surface area contributed by atoms with Gasteiger partial charge in [-0.2, -0.15) is 5.10 Å². The summed E-state index contributed by atoms with van der Waals surface area (Å²) in [7, 11) is 1.66. The predicted molar refractivity (Wildman–Crippen MR) is 101 cm³/mol. The van der Waals surface area contributed by atoms with Crippen LogP contribution in [-0.4, -0.2) is 42.4 Å². The third kappa shape index (κ3) is 3.60. The third-order valence-corrected chi connectivity index (χ3v) is 5.36. The number of rotatable bonds is 6. The van der Waals surface area contributed by atoms with Crippen LogP contribution >= 0.6 is 0 Å². The van der Waals surface area contributed by atoms with Gasteiger partial charge in [0.15, 0.2) is 0 Å². The highest BCUT2D eigenvalue weighted by atomic mass is 16.5. The van der Waals surface area contributed by atoms with Gasteiger partial charge in [0.05, 0.1) is 7.11 Å². The molecule has 0 atom stereocenters. The predicted octanol–water partition coefficient (Wildman–Crippen LogP) is 2.06. The summed E-state index contributed by atoms with van der Waals surface area (Å²) < 4.78 is 7.05. The smallest absolute Gasteiger partial charge is 0.248 e. The molecule has 1 aromatic heterocycles. The first kappa shape index (κ1) is 18.5. The largest absolute Gasteiger partial charge is 0.497 e. The maximum Gasteiger partial charge on any atom is 0.248 e. The molecule has 0 aliphatic carbocycles. The van der Waals surface area contributed by atoms with E-state index in [2.05, 4.69) is 41.7 Å². The zero-order valence-electron chi connectivity index (χ0n) is 15.8. The Morgan fingerprint density at radius 1 is 1.31 bits per heavy atom. The average Bonchev–Trinajstić information content (AvgIpc) is 3.22. The van der Waals surface area contributed by atoms with E-state index in [4.69, 9.17) is 4.74 Å². The Kier molecular flexibility index (Phi) is 5.32. The Bertz CT molecular complexity index is 717. The highest BCUT2D eigenvalue weighted by molar-refractivity contribution is 5.84. The van der Waals surface area contributed by atoms with Gasteiger partial charge in [0, 0.05) is 24.4 Å². The van der Waals surface area contributed by atoms with Gasteiger partial charge < -0.3 is 15.4 Å². The first-order valence-electron chi connectivity index (χ1n) is 9.12. The van der Waals surface area contributed by atoms with E-state index in [1.54, 1.807) is 13.3 Å². The molecule has 140 valence electrons. The maximum absolute atomic E-state index is 13.2. The topological polar surface area (TPSA) is 68.2 Å². The number of amides is 1. The summed E-state index contributed by atoms with van der Waals surface area (Å²) in [6, 6.07) is 9.89. The number of carbonyl (C=O) groups excluding carboxylic acids is 1. The zero-order valence-corrected chi connectivity index (χ0v) is 15.8. The van der Waals surface area contributed by atoms with E-state index in [-0.39, 0.29) is 11.3 Å².